The predicted molar refractivity (Wildman–Crippen MR) is 104 cm³/mol. The lowest BCUT2D eigenvalue weighted by molar-refractivity contribution is 0.0954. The molecular weight excluding hydrogens is 348 g/mol. The van der Waals surface area contributed by atoms with Gasteiger partial charge in [0.05, 0.1) is 4.90 Å². The summed E-state index contributed by atoms with van der Waals surface area (Å²) in [6.07, 6.45) is 3.53. The number of unbranched alkanes of at least 4 members (excludes halogenated alkanes) is 2. The molecule has 140 valence electrons. The highest BCUT2D eigenvalue weighted by molar-refractivity contribution is 7.89. The lowest BCUT2D eigenvalue weighted by Crippen LogP contribution is -2.27. The predicted octanol–water partition coefficient (Wildman–Crippen LogP) is 3.13. The molecule has 0 saturated heterocycles. The first kappa shape index (κ1) is 20.1. The molecule has 2 aromatic carbocycles. The number of carbonyl (C=O) groups is 1. The van der Waals surface area contributed by atoms with Crippen molar-refractivity contribution in [3.63, 3.8) is 0 Å². The van der Waals surface area contributed by atoms with E-state index in [2.05, 4.69) is 17.0 Å². The number of hydrogen-bond donors (Lipinski definition) is 2. The van der Waals surface area contributed by atoms with Gasteiger partial charge in [0.1, 0.15) is 0 Å². The Hall–Kier alpha value is -2.18. The van der Waals surface area contributed by atoms with Crippen molar-refractivity contribution >= 4 is 15.9 Å². The minimum atomic E-state index is -3.59. The minimum Gasteiger partial charge on any atom is -0.352 e. The zero-order valence-electron chi connectivity index (χ0n) is 15.1. The van der Waals surface area contributed by atoms with E-state index in [0.717, 1.165) is 31.2 Å². The highest BCUT2D eigenvalue weighted by Crippen LogP contribution is 2.12. The Kier molecular flexibility index (Phi) is 7.81. The number of nitrogens with one attached hydrogen (secondary N) is 2. The van der Waals surface area contributed by atoms with Crippen LogP contribution in [0.15, 0.2) is 59.5 Å². The summed E-state index contributed by atoms with van der Waals surface area (Å²) in [5.41, 5.74) is 1.48. The second-order valence-electron chi connectivity index (χ2n) is 6.12. The Labute approximate surface area is 155 Å². The molecule has 0 aromatic heterocycles. The van der Waals surface area contributed by atoms with Gasteiger partial charge in [-0.1, -0.05) is 56.2 Å². The third kappa shape index (κ3) is 6.28. The molecule has 0 unspecified atom stereocenters. The first-order chi connectivity index (χ1) is 12.5. The van der Waals surface area contributed by atoms with E-state index in [1.165, 1.54) is 12.1 Å². The van der Waals surface area contributed by atoms with Gasteiger partial charge in [-0.15, -0.1) is 0 Å². The zero-order chi connectivity index (χ0) is 18.8. The Morgan fingerprint density at radius 1 is 0.962 bits per heavy atom. The van der Waals surface area contributed by atoms with E-state index in [1.54, 1.807) is 12.1 Å². The first-order valence-corrected chi connectivity index (χ1v) is 10.4. The smallest absolute Gasteiger partial charge is 0.251 e. The van der Waals surface area contributed by atoms with Gasteiger partial charge in [-0.2, -0.15) is 0 Å². The van der Waals surface area contributed by atoms with Crippen LogP contribution in [-0.4, -0.2) is 27.4 Å². The van der Waals surface area contributed by atoms with Crippen LogP contribution in [0, 0.1) is 0 Å². The van der Waals surface area contributed by atoms with Crippen LogP contribution >= 0.6 is 0 Å². The quantitative estimate of drug-likeness (QED) is 0.628. The van der Waals surface area contributed by atoms with Crippen LogP contribution in [0.3, 0.4) is 0 Å². The van der Waals surface area contributed by atoms with Crippen molar-refractivity contribution in [1.82, 2.24) is 10.0 Å². The monoisotopic (exact) mass is 374 g/mol. The van der Waals surface area contributed by atoms with Crippen LogP contribution in [0.1, 0.15) is 42.1 Å². The lowest BCUT2D eigenvalue weighted by atomic mass is 10.1. The van der Waals surface area contributed by atoms with Crippen LogP contribution < -0.4 is 10.0 Å². The van der Waals surface area contributed by atoms with Crippen LogP contribution in [0.5, 0.6) is 0 Å². The van der Waals surface area contributed by atoms with Crippen molar-refractivity contribution in [3.05, 3.63) is 65.7 Å². The van der Waals surface area contributed by atoms with E-state index in [4.69, 9.17) is 0 Å². The molecule has 6 heteroatoms. The van der Waals surface area contributed by atoms with Gasteiger partial charge in [0, 0.05) is 18.7 Å². The number of amides is 1. The summed E-state index contributed by atoms with van der Waals surface area (Å²) in [6.45, 7) is 2.97. The molecule has 0 aliphatic heterocycles. The summed E-state index contributed by atoms with van der Waals surface area (Å²) in [5, 5.41) is 2.83. The fraction of sp³-hybridized carbons (Fsp3) is 0.350. The molecule has 0 saturated carbocycles. The van der Waals surface area contributed by atoms with Gasteiger partial charge in [0.25, 0.3) is 5.91 Å². The molecular formula is C20H26N2O3S. The number of sulfonamides is 1. The second kappa shape index (κ2) is 10.1. The topological polar surface area (TPSA) is 75.3 Å². The normalized spacial score (nSPS) is 11.3. The van der Waals surface area contributed by atoms with E-state index in [0.29, 0.717) is 18.7 Å². The molecule has 0 aliphatic carbocycles. The van der Waals surface area contributed by atoms with Gasteiger partial charge >= 0.3 is 0 Å². The van der Waals surface area contributed by atoms with Crippen molar-refractivity contribution in [2.24, 2.45) is 0 Å². The van der Waals surface area contributed by atoms with Gasteiger partial charge in [-0.3, -0.25) is 4.79 Å². The van der Waals surface area contributed by atoms with E-state index in [1.807, 2.05) is 30.3 Å². The lowest BCUT2D eigenvalue weighted by Gasteiger charge is -2.09. The third-order valence-corrected chi connectivity index (χ3v) is 5.48. The van der Waals surface area contributed by atoms with Gasteiger partial charge in [-0.25, -0.2) is 13.1 Å². The van der Waals surface area contributed by atoms with Gasteiger partial charge in [0.15, 0.2) is 0 Å². The van der Waals surface area contributed by atoms with Gasteiger partial charge in [0.2, 0.25) is 10.0 Å². The number of rotatable bonds is 10. The highest BCUT2D eigenvalue weighted by Gasteiger charge is 2.15. The molecule has 2 N–H and O–H groups in total. The van der Waals surface area contributed by atoms with E-state index in [-0.39, 0.29) is 10.8 Å². The van der Waals surface area contributed by atoms with Crippen LogP contribution in [0.25, 0.3) is 0 Å². The zero-order valence-corrected chi connectivity index (χ0v) is 15.9. The Balaban J connectivity index is 1.93. The molecule has 26 heavy (non-hydrogen) atoms. The largest absolute Gasteiger partial charge is 0.352 e. The average Bonchev–Trinajstić information content (AvgIpc) is 2.66. The van der Waals surface area contributed by atoms with Crippen molar-refractivity contribution in [3.8, 4) is 0 Å². The Morgan fingerprint density at radius 3 is 2.46 bits per heavy atom. The average molecular weight is 375 g/mol. The maximum Gasteiger partial charge on any atom is 0.251 e. The van der Waals surface area contributed by atoms with Crippen molar-refractivity contribution in [2.75, 3.05) is 13.1 Å². The molecule has 1 amide bonds. The second-order valence-corrected chi connectivity index (χ2v) is 7.89. The first-order valence-electron chi connectivity index (χ1n) is 8.95. The van der Waals surface area contributed by atoms with E-state index in [9.17, 15) is 13.2 Å². The molecule has 0 fully saturated rings. The van der Waals surface area contributed by atoms with Crippen LogP contribution in [0.2, 0.25) is 0 Å². The summed E-state index contributed by atoms with van der Waals surface area (Å²) >= 11 is 0. The maximum atomic E-state index is 12.3. The molecule has 0 atom stereocenters. The summed E-state index contributed by atoms with van der Waals surface area (Å²) in [5.74, 6) is -0.274. The molecule has 2 rings (SSSR count). The molecule has 0 radical (unpaired) electrons. The van der Waals surface area contributed by atoms with E-state index >= 15 is 0 Å². The fourth-order valence-electron chi connectivity index (χ4n) is 2.54. The molecule has 0 aliphatic rings. The van der Waals surface area contributed by atoms with Gasteiger partial charge < -0.3 is 5.32 Å². The summed E-state index contributed by atoms with van der Waals surface area (Å²) in [4.78, 5) is 12.4. The van der Waals surface area contributed by atoms with Crippen molar-refractivity contribution in [1.29, 1.82) is 0 Å². The number of benzene rings is 2. The maximum absolute atomic E-state index is 12.3. The molecule has 0 bridgehead atoms. The number of hydrogen-bond acceptors (Lipinski definition) is 3. The Bertz CT molecular complexity index is 805. The van der Waals surface area contributed by atoms with Crippen LogP contribution in [-0.2, 0) is 16.4 Å². The van der Waals surface area contributed by atoms with Crippen LogP contribution in [0.4, 0.5) is 0 Å². The molecule has 0 heterocycles. The number of carbonyl (C=O) groups excluding carboxylic acids is 1. The SMILES string of the molecule is CCCCCNS(=O)(=O)c1cccc(C(=O)NCCc2ccccc2)c1. The van der Waals surface area contributed by atoms with E-state index < -0.39 is 10.0 Å². The molecule has 5 nitrogen and oxygen atoms in total. The summed E-state index contributed by atoms with van der Waals surface area (Å²) in [7, 11) is -3.59. The fourth-order valence-corrected chi connectivity index (χ4v) is 3.66. The summed E-state index contributed by atoms with van der Waals surface area (Å²) in [6, 6.07) is 16.0. The highest BCUT2D eigenvalue weighted by atomic mass is 32.2. The Morgan fingerprint density at radius 2 is 1.73 bits per heavy atom. The molecule has 2 aromatic rings. The standard InChI is InChI=1S/C20H26N2O3S/c1-2-3-7-14-22-26(24,25)19-12-8-11-18(16-19)20(23)21-15-13-17-9-5-4-6-10-17/h4-6,8-12,16,22H,2-3,7,13-15H2,1H3,(H,21,23). The van der Waals surface area contributed by atoms with Crippen molar-refractivity contribution in [2.45, 2.75) is 37.5 Å². The summed E-state index contributed by atoms with van der Waals surface area (Å²) < 4.78 is 27.2. The third-order valence-electron chi connectivity index (χ3n) is 4.02. The minimum absolute atomic E-state index is 0.115. The van der Waals surface area contributed by atoms with Crippen molar-refractivity contribution < 1.29 is 13.2 Å². The molecule has 0 spiro atoms. The van der Waals surface area contributed by atoms with Gasteiger partial charge in [-0.05, 0) is 36.6 Å².